The Kier molecular flexibility index (Phi) is 4.61. The van der Waals surface area contributed by atoms with E-state index in [0.717, 1.165) is 24.2 Å². The molecule has 2 aromatic rings. The van der Waals surface area contributed by atoms with Crippen LogP contribution in [0.5, 0.6) is 11.5 Å². The van der Waals surface area contributed by atoms with Gasteiger partial charge in [-0.25, -0.2) is 0 Å². The SMILES string of the molecule is COc1cc(/C=C2\c3ccccc3CCN2C)c([N+](=O)[O-])cc1OC. The Balaban J connectivity index is 2.19. The molecular weight excluding hydrogens is 320 g/mol. The Morgan fingerprint density at radius 2 is 1.84 bits per heavy atom. The van der Waals surface area contributed by atoms with Crippen LogP contribution in [0, 0.1) is 10.1 Å². The fraction of sp³-hybridized carbons (Fsp3) is 0.263. The van der Waals surface area contributed by atoms with Crippen molar-refractivity contribution in [2.24, 2.45) is 0 Å². The number of nitro groups is 1. The van der Waals surface area contributed by atoms with Gasteiger partial charge in [0.1, 0.15) is 0 Å². The predicted octanol–water partition coefficient (Wildman–Crippen LogP) is 3.60. The van der Waals surface area contributed by atoms with E-state index < -0.39 is 4.92 Å². The van der Waals surface area contributed by atoms with Crippen molar-refractivity contribution >= 4 is 17.5 Å². The Morgan fingerprint density at radius 3 is 2.52 bits per heavy atom. The molecule has 6 heteroatoms. The average Bonchev–Trinajstić information content (AvgIpc) is 2.63. The lowest BCUT2D eigenvalue weighted by molar-refractivity contribution is -0.385. The summed E-state index contributed by atoms with van der Waals surface area (Å²) < 4.78 is 10.5. The van der Waals surface area contributed by atoms with E-state index in [1.165, 1.54) is 25.8 Å². The van der Waals surface area contributed by atoms with Crippen LogP contribution in [0.25, 0.3) is 11.8 Å². The summed E-state index contributed by atoms with van der Waals surface area (Å²) in [5.74, 6) is 0.806. The molecule has 25 heavy (non-hydrogen) atoms. The molecule has 0 N–H and O–H groups in total. The van der Waals surface area contributed by atoms with Crippen LogP contribution < -0.4 is 9.47 Å². The zero-order valence-corrected chi connectivity index (χ0v) is 14.5. The second kappa shape index (κ2) is 6.84. The fourth-order valence-electron chi connectivity index (χ4n) is 3.10. The minimum Gasteiger partial charge on any atom is -0.493 e. The van der Waals surface area contributed by atoms with Crippen molar-refractivity contribution in [3.8, 4) is 11.5 Å². The van der Waals surface area contributed by atoms with Gasteiger partial charge in [-0.1, -0.05) is 24.3 Å². The number of ether oxygens (including phenoxy) is 2. The molecule has 0 saturated carbocycles. The summed E-state index contributed by atoms with van der Waals surface area (Å²) in [6, 6.07) is 11.2. The highest BCUT2D eigenvalue weighted by molar-refractivity contribution is 5.85. The van der Waals surface area contributed by atoms with Gasteiger partial charge in [0, 0.05) is 24.9 Å². The molecule has 0 bridgehead atoms. The molecule has 3 rings (SSSR count). The molecule has 0 unspecified atom stereocenters. The van der Waals surface area contributed by atoms with Crippen molar-refractivity contribution in [2.75, 3.05) is 27.8 Å². The van der Waals surface area contributed by atoms with Gasteiger partial charge in [0.15, 0.2) is 11.5 Å². The van der Waals surface area contributed by atoms with Gasteiger partial charge < -0.3 is 14.4 Å². The number of likely N-dealkylation sites (N-methyl/N-ethyl adjacent to an activating group) is 1. The van der Waals surface area contributed by atoms with Crippen LogP contribution in [0.4, 0.5) is 5.69 Å². The third kappa shape index (κ3) is 3.15. The standard InChI is InChI=1S/C19H20N2O4/c1-20-9-8-13-6-4-5-7-15(13)17(20)10-14-11-18(24-2)19(25-3)12-16(14)21(22)23/h4-7,10-12H,8-9H2,1-3H3/b17-10+. The topological polar surface area (TPSA) is 64.8 Å². The van der Waals surface area contributed by atoms with E-state index in [-0.39, 0.29) is 5.69 Å². The van der Waals surface area contributed by atoms with E-state index in [4.69, 9.17) is 9.47 Å². The van der Waals surface area contributed by atoms with Gasteiger partial charge in [0.2, 0.25) is 0 Å². The molecule has 0 amide bonds. The molecule has 130 valence electrons. The summed E-state index contributed by atoms with van der Waals surface area (Å²) in [6.07, 6.45) is 2.80. The van der Waals surface area contributed by atoms with Gasteiger partial charge >= 0.3 is 0 Å². The zero-order valence-electron chi connectivity index (χ0n) is 14.5. The molecular formula is C19H20N2O4. The summed E-state index contributed by atoms with van der Waals surface area (Å²) in [4.78, 5) is 13.2. The van der Waals surface area contributed by atoms with E-state index in [1.807, 2.05) is 31.3 Å². The number of nitrogens with zero attached hydrogens (tertiary/aromatic N) is 2. The number of hydrogen-bond acceptors (Lipinski definition) is 5. The highest BCUT2D eigenvalue weighted by Gasteiger charge is 2.22. The van der Waals surface area contributed by atoms with E-state index in [2.05, 4.69) is 11.0 Å². The predicted molar refractivity (Wildman–Crippen MR) is 96.8 cm³/mol. The third-order valence-corrected chi connectivity index (χ3v) is 4.44. The normalized spacial score (nSPS) is 15.0. The molecule has 0 atom stereocenters. The van der Waals surface area contributed by atoms with E-state index in [0.29, 0.717) is 17.1 Å². The van der Waals surface area contributed by atoms with Crippen molar-refractivity contribution < 1.29 is 14.4 Å². The minimum absolute atomic E-state index is 0.0124. The van der Waals surface area contributed by atoms with Crippen LogP contribution in [-0.4, -0.2) is 37.6 Å². The monoisotopic (exact) mass is 340 g/mol. The molecule has 0 aliphatic carbocycles. The summed E-state index contributed by atoms with van der Waals surface area (Å²) in [7, 11) is 4.97. The van der Waals surface area contributed by atoms with Crippen molar-refractivity contribution in [3.05, 3.63) is 63.2 Å². The number of methoxy groups -OCH3 is 2. The molecule has 0 radical (unpaired) electrons. The second-order valence-corrected chi connectivity index (χ2v) is 5.88. The van der Waals surface area contributed by atoms with Gasteiger partial charge in [-0.05, 0) is 24.1 Å². The Morgan fingerprint density at radius 1 is 1.16 bits per heavy atom. The number of benzene rings is 2. The maximum atomic E-state index is 11.5. The van der Waals surface area contributed by atoms with Crippen LogP contribution >= 0.6 is 0 Å². The first-order valence-electron chi connectivity index (χ1n) is 7.96. The van der Waals surface area contributed by atoms with E-state index in [9.17, 15) is 10.1 Å². The Bertz CT molecular complexity index is 845. The molecule has 0 fully saturated rings. The molecule has 1 heterocycles. The fourth-order valence-corrected chi connectivity index (χ4v) is 3.10. The molecule has 2 aromatic carbocycles. The first-order chi connectivity index (χ1) is 12.0. The van der Waals surface area contributed by atoms with Crippen molar-refractivity contribution in [3.63, 3.8) is 0 Å². The van der Waals surface area contributed by atoms with Crippen LogP contribution in [-0.2, 0) is 6.42 Å². The lowest BCUT2D eigenvalue weighted by atomic mass is 9.95. The third-order valence-electron chi connectivity index (χ3n) is 4.44. The quantitative estimate of drug-likeness (QED) is 0.628. The molecule has 0 spiro atoms. The highest BCUT2D eigenvalue weighted by Crippen LogP contribution is 2.37. The van der Waals surface area contributed by atoms with Gasteiger partial charge in [-0.3, -0.25) is 10.1 Å². The highest BCUT2D eigenvalue weighted by atomic mass is 16.6. The van der Waals surface area contributed by atoms with Crippen LogP contribution in [0.15, 0.2) is 36.4 Å². The van der Waals surface area contributed by atoms with E-state index >= 15 is 0 Å². The van der Waals surface area contributed by atoms with Gasteiger partial charge in [-0.15, -0.1) is 0 Å². The van der Waals surface area contributed by atoms with Crippen LogP contribution in [0.3, 0.4) is 0 Å². The first-order valence-corrected chi connectivity index (χ1v) is 7.96. The second-order valence-electron chi connectivity index (χ2n) is 5.88. The zero-order chi connectivity index (χ0) is 18.0. The van der Waals surface area contributed by atoms with Crippen LogP contribution in [0.1, 0.15) is 16.7 Å². The minimum atomic E-state index is -0.400. The molecule has 0 saturated heterocycles. The molecule has 6 nitrogen and oxygen atoms in total. The largest absolute Gasteiger partial charge is 0.493 e. The molecule has 1 aliphatic heterocycles. The van der Waals surface area contributed by atoms with Gasteiger partial charge in [0.05, 0.1) is 30.8 Å². The Labute approximate surface area is 146 Å². The van der Waals surface area contributed by atoms with Crippen molar-refractivity contribution in [1.82, 2.24) is 4.90 Å². The average molecular weight is 340 g/mol. The first kappa shape index (κ1) is 16.8. The summed E-state index contributed by atoms with van der Waals surface area (Å²) >= 11 is 0. The lowest BCUT2D eigenvalue weighted by Gasteiger charge is -2.30. The van der Waals surface area contributed by atoms with Crippen molar-refractivity contribution in [2.45, 2.75) is 6.42 Å². The van der Waals surface area contributed by atoms with Crippen molar-refractivity contribution in [1.29, 1.82) is 0 Å². The van der Waals surface area contributed by atoms with Gasteiger partial charge in [0.25, 0.3) is 5.69 Å². The van der Waals surface area contributed by atoms with E-state index in [1.54, 1.807) is 6.07 Å². The van der Waals surface area contributed by atoms with Gasteiger partial charge in [-0.2, -0.15) is 0 Å². The summed E-state index contributed by atoms with van der Waals surface area (Å²) in [5.41, 5.74) is 3.77. The molecule has 1 aliphatic rings. The summed E-state index contributed by atoms with van der Waals surface area (Å²) in [5, 5.41) is 11.5. The summed E-state index contributed by atoms with van der Waals surface area (Å²) in [6.45, 7) is 0.865. The lowest BCUT2D eigenvalue weighted by Crippen LogP contribution is -2.25. The molecule has 0 aromatic heterocycles. The number of rotatable bonds is 4. The Hall–Kier alpha value is -3.02. The number of hydrogen-bond donors (Lipinski definition) is 0. The smallest absolute Gasteiger partial charge is 0.280 e. The maximum Gasteiger partial charge on any atom is 0.280 e. The number of nitro benzene ring substituents is 1. The maximum absolute atomic E-state index is 11.5. The number of fused-ring (bicyclic) bond motifs is 1. The van der Waals surface area contributed by atoms with Crippen LogP contribution in [0.2, 0.25) is 0 Å².